The standard InChI is InChI=1S/C21H21BrN4O3S/c1-12(19(27)25-24-10-13-7-8-16(29-2)15(22)9-13)26-11-23-20-18(21(26)28)14-5-3-4-6-17(14)30-20/h7-12H,3-6H2,1-2H3,(H,25,27)/b24-10+/t12-/m0/s1. The number of hydrogen-bond donors (Lipinski definition) is 1. The minimum atomic E-state index is -0.728. The highest BCUT2D eigenvalue weighted by atomic mass is 79.9. The van der Waals surface area contributed by atoms with E-state index in [0.717, 1.165) is 46.1 Å². The molecule has 0 unspecified atom stereocenters. The van der Waals surface area contributed by atoms with Crippen molar-refractivity contribution in [1.29, 1.82) is 0 Å². The third kappa shape index (κ3) is 3.91. The first-order chi connectivity index (χ1) is 14.5. The van der Waals surface area contributed by atoms with Gasteiger partial charge in [-0.05, 0) is 77.9 Å². The maximum Gasteiger partial charge on any atom is 0.263 e. The van der Waals surface area contributed by atoms with Crippen molar-refractivity contribution in [2.45, 2.75) is 38.6 Å². The van der Waals surface area contributed by atoms with Crippen molar-refractivity contribution >= 4 is 49.6 Å². The molecule has 3 aromatic rings. The van der Waals surface area contributed by atoms with Crippen molar-refractivity contribution in [1.82, 2.24) is 15.0 Å². The van der Waals surface area contributed by atoms with Crippen LogP contribution in [-0.2, 0) is 17.6 Å². The van der Waals surface area contributed by atoms with Gasteiger partial charge in [-0.2, -0.15) is 5.10 Å². The van der Waals surface area contributed by atoms with Crippen LogP contribution in [0, 0.1) is 0 Å². The van der Waals surface area contributed by atoms with Crippen molar-refractivity contribution in [2.24, 2.45) is 5.10 Å². The molecule has 0 bridgehead atoms. The van der Waals surface area contributed by atoms with Crippen LogP contribution in [0.15, 0.2) is 38.9 Å². The van der Waals surface area contributed by atoms with Crippen molar-refractivity contribution in [3.05, 3.63) is 55.4 Å². The Morgan fingerprint density at radius 3 is 2.97 bits per heavy atom. The summed E-state index contributed by atoms with van der Waals surface area (Å²) in [7, 11) is 1.59. The molecular formula is C21H21BrN4O3S. The summed E-state index contributed by atoms with van der Waals surface area (Å²) >= 11 is 5.01. The monoisotopic (exact) mass is 488 g/mol. The van der Waals surface area contributed by atoms with Crippen LogP contribution in [0.3, 0.4) is 0 Å². The second kappa shape index (κ2) is 8.69. The maximum absolute atomic E-state index is 13.1. The van der Waals surface area contributed by atoms with Gasteiger partial charge in [0, 0.05) is 4.88 Å². The van der Waals surface area contributed by atoms with Gasteiger partial charge in [-0.3, -0.25) is 14.2 Å². The number of nitrogens with one attached hydrogen (secondary N) is 1. The number of carbonyl (C=O) groups excluding carboxylic acids is 1. The Morgan fingerprint density at radius 2 is 2.20 bits per heavy atom. The van der Waals surface area contributed by atoms with Gasteiger partial charge in [0.05, 0.1) is 29.5 Å². The topological polar surface area (TPSA) is 85.6 Å². The van der Waals surface area contributed by atoms with Gasteiger partial charge in [-0.1, -0.05) is 0 Å². The third-order valence-electron chi connectivity index (χ3n) is 5.26. The van der Waals surface area contributed by atoms with Gasteiger partial charge in [0.1, 0.15) is 16.6 Å². The Hall–Kier alpha value is -2.52. The minimum absolute atomic E-state index is 0.162. The summed E-state index contributed by atoms with van der Waals surface area (Å²) in [5.41, 5.74) is 4.25. The molecule has 1 atom stereocenters. The van der Waals surface area contributed by atoms with E-state index in [1.807, 2.05) is 12.1 Å². The molecule has 2 aromatic heterocycles. The number of aromatic nitrogens is 2. The minimum Gasteiger partial charge on any atom is -0.496 e. The third-order valence-corrected chi connectivity index (χ3v) is 7.08. The van der Waals surface area contributed by atoms with Crippen molar-refractivity contribution in [2.75, 3.05) is 7.11 Å². The molecule has 4 rings (SSSR count). The van der Waals surface area contributed by atoms with Crippen LogP contribution >= 0.6 is 27.3 Å². The zero-order valence-electron chi connectivity index (χ0n) is 16.6. The quantitative estimate of drug-likeness (QED) is 0.436. The number of aryl methyl sites for hydroxylation is 2. The van der Waals surface area contributed by atoms with E-state index in [4.69, 9.17) is 4.74 Å². The summed E-state index contributed by atoms with van der Waals surface area (Å²) < 4.78 is 7.37. The molecule has 0 aliphatic heterocycles. The molecule has 1 aromatic carbocycles. The highest BCUT2D eigenvalue weighted by Crippen LogP contribution is 2.33. The summed E-state index contributed by atoms with van der Waals surface area (Å²) in [6.45, 7) is 1.67. The van der Waals surface area contributed by atoms with E-state index < -0.39 is 6.04 Å². The first-order valence-corrected chi connectivity index (χ1v) is 11.3. The largest absolute Gasteiger partial charge is 0.496 e. The van der Waals surface area contributed by atoms with E-state index in [2.05, 4.69) is 31.4 Å². The fraction of sp³-hybridized carbons (Fsp3) is 0.333. The number of methoxy groups -OCH3 is 1. The van der Waals surface area contributed by atoms with Crippen LogP contribution in [0.4, 0.5) is 0 Å². The summed E-state index contributed by atoms with van der Waals surface area (Å²) in [4.78, 5) is 32.1. The number of rotatable bonds is 5. The number of nitrogens with zero attached hydrogens (tertiary/aromatic N) is 3. The lowest BCUT2D eigenvalue weighted by atomic mass is 9.97. The van der Waals surface area contributed by atoms with Crippen LogP contribution in [0.5, 0.6) is 5.75 Å². The molecule has 0 spiro atoms. The van der Waals surface area contributed by atoms with E-state index in [0.29, 0.717) is 11.1 Å². The molecular weight excluding hydrogens is 468 g/mol. The molecule has 156 valence electrons. The van der Waals surface area contributed by atoms with Gasteiger partial charge in [0.2, 0.25) is 0 Å². The predicted molar refractivity (Wildman–Crippen MR) is 122 cm³/mol. The number of hydrogen-bond acceptors (Lipinski definition) is 6. The van der Waals surface area contributed by atoms with Gasteiger partial charge >= 0.3 is 0 Å². The van der Waals surface area contributed by atoms with Crippen LogP contribution < -0.4 is 15.7 Å². The van der Waals surface area contributed by atoms with E-state index >= 15 is 0 Å². The molecule has 30 heavy (non-hydrogen) atoms. The average Bonchev–Trinajstić information content (AvgIpc) is 3.13. The molecule has 1 N–H and O–H groups in total. The SMILES string of the molecule is COc1ccc(/C=N/NC(=O)[C@H](C)n2cnc3sc4c(c3c2=O)CCCC4)cc1Br. The predicted octanol–water partition coefficient (Wildman–Crippen LogP) is 3.82. The Morgan fingerprint density at radius 1 is 1.40 bits per heavy atom. The van der Waals surface area contributed by atoms with Gasteiger partial charge in [-0.25, -0.2) is 10.4 Å². The van der Waals surface area contributed by atoms with E-state index in [9.17, 15) is 9.59 Å². The number of thiophene rings is 1. The fourth-order valence-corrected chi connectivity index (χ4v) is 5.37. The number of halogens is 1. The summed E-state index contributed by atoms with van der Waals surface area (Å²) in [6, 6.07) is 4.73. The Bertz CT molecular complexity index is 1200. The first-order valence-electron chi connectivity index (χ1n) is 9.67. The zero-order valence-corrected chi connectivity index (χ0v) is 19.0. The maximum atomic E-state index is 13.1. The number of fused-ring (bicyclic) bond motifs is 3. The molecule has 0 saturated heterocycles. The van der Waals surface area contributed by atoms with Crippen molar-refractivity contribution in [3.8, 4) is 5.75 Å². The molecule has 1 aliphatic rings. The zero-order chi connectivity index (χ0) is 21.3. The van der Waals surface area contributed by atoms with Crippen molar-refractivity contribution < 1.29 is 9.53 Å². The second-order valence-corrected chi connectivity index (χ2v) is 9.09. The van der Waals surface area contributed by atoms with Gasteiger partial charge < -0.3 is 4.74 Å². The highest BCUT2D eigenvalue weighted by molar-refractivity contribution is 9.10. The Kier molecular flexibility index (Phi) is 6.01. The number of hydrazone groups is 1. The van der Waals surface area contributed by atoms with Gasteiger partial charge in [0.25, 0.3) is 11.5 Å². The van der Waals surface area contributed by atoms with E-state index in [-0.39, 0.29) is 11.5 Å². The van der Waals surface area contributed by atoms with Gasteiger partial charge in [-0.15, -0.1) is 11.3 Å². The average molecular weight is 489 g/mol. The molecule has 1 aliphatic carbocycles. The number of benzene rings is 1. The Balaban J connectivity index is 1.52. The smallest absolute Gasteiger partial charge is 0.263 e. The molecule has 0 radical (unpaired) electrons. The summed E-state index contributed by atoms with van der Waals surface area (Å²) in [5.74, 6) is 0.328. The number of carbonyl (C=O) groups is 1. The molecule has 7 nitrogen and oxygen atoms in total. The molecule has 0 fully saturated rings. The van der Waals surface area contributed by atoms with Crippen LogP contribution in [0.25, 0.3) is 10.2 Å². The second-order valence-electron chi connectivity index (χ2n) is 7.15. The summed E-state index contributed by atoms with van der Waals surface area (Å²) in [5, 5.41) is 4.69. The Labute approximate surface area is 185 Å². The van der Waals surface area contributed by atoms with E-state index in [1.54, 1.807) is 31.4 Å². The highest BCUT2D eigenvalue weighted by Gasteiger charge is 2.23. The van der Waals surface area contributed by atoms with E-state index in [1.165, 1.54) is 22.0 Å². The van der Waals surface area contributed by atoms with Crippen LogP contribution in [0.2, 0.25) is 0 Å². The molecule has 1 amide bonds. The normalized spacial score (nSPS) is 14.6. The number of amides is 1. The first kappa shape index (κ1) is 20.7. The number of ether oxygens (including phenoxy) is 1. The van der Waals surface area contributed by atoms with Crippen LogP contribution in [0.1, 0.15) is 41.8 Å². The molecule has 9 heteroatoms. The molecule has 0 saturated carbocycles. The lowest BCUT2D eigenvalue weighted by molar-refractivity contribution is -0.123. The van der Waals surface area contributed by atoms with Gasteiger partial charge in [0.15, 0.2) is 0 Å². The summed E-state index contributed by atoms with van der Waals surface area (Å²) in [6.07, 6.45) is 7.13. The lowest BCUT2D eigenvalue weighted by Gasteiger charge is -2.14. The lowest BCUT2D eigenvalue weighted by Crippen LogP contribution is -2.34. The molecule has 2 heterocycles. The van der Waals surface area contributed by atoms with Crippen molar-refractivity contribution in [3.63, 3.8) is 0 Å². The van der Waals surface area contributed by atoms with Crippen LogP contribution in [-0.4, -0.2) is 28.8 Å². The fourth-order valence-electron chi connectivity index (χ4n) is 3.59.